The average molecular weight is 406 g/mol. The van der Waals surface area contributed by atoms with Gasteiger partial charge in [0.1, 0.15) is 16.8 Å². The molecule has 2 heterocycles. The Morgan fingerprint density at radius 2 is 2.00 bits per heavy atom. The summed E-state index contributed by atoms with van der Waals surface area (Å²) < 4.78 is 16.2. The number of carbonyl (C=O) groups excluding carboxylic acids is 1. The maximum absolute atomic E-state index is 12.3. The standard InChI is InChI=1S/C22H18N2O4S/c1-14-17(11-23)22(24-21(25)12-26-16-5-3-2-4-6-16)29-20(14)10-15-7-8-18-19(9-15)28-13-27-18/h2-9H,10,12-13H2,1H3,(H,24,25). The molecule has 2 aromatic carbocycles. The number of para-hydroxylation sites is 1. The molecule has 1 aliphatic rings. The van der Waals surface area contributed by atoms with Gasteiger partial charge in [-0.25, -0.2) is 0 Å². The lowest BCUT2D eigenvalue weighted by atomic mass is 10.1. The smallest absolute Gasteiger partial charge is 0.262 e. The predicted molar refractivity (Wildman–Crippen MR) is 110 cm³/mol. The molecule has 0 aliphatic carbocycles. The number of nitrogens with one attached hydrogen (secondary N) is 1. The second-order valence-electron chi connectivity index (χ2n) is 6.48. The van der Waals surface area contributed by atoms with Crippen LogP contribution >= 0.6 is 11.3 Å². The normalized spacial score (nSPS) is 11.7. The maximum atomic E-state index is 12.3. The lowest BCUT2D eigenvalue weighted by Gasteiger charge is -2.06. The van der Waals surface area contributed by atoms with Gasteiger partial charge in [-0.2, -0.15) is 5.26 Å². The van der Waals surface area contributed by atoms with E-state index in [1.807, 2.05) is 43.3 Å². The van der Waals surface area contributed by atoms with Crippen molar-refractivity contribution in [3.8, 4) is 23.3 Å². The van der Waals surface area contributed by atoms with E-state index in [4.69, 9.17) is 14.2 Å². The first-order valence-electron chi connectivity index (χ1n) is 9.02. The summed E-state index contributed by atoms with van der Waals surface area (Å²) in [7, 11) is 0. The number of rotatable bonds is 6. The van der Waals surface area contributed by atoms with Crippen LogP contribution in [0.25, 0.3) is 0 Å². The minimum atomic E-state index is -0.304. The van der Waals surface area contributed by atoms with Crippen molar-refractivity contribution < 1.29 is 19.0 Å². The van der Waals surface area contributed by atoms with Crippen molar-refractivity contribution in [1.29, 1.82) is 5.26 Å². The summed E-state index contributed by atoms with van der Waals surface area (Å²) in [5.74, 6) is 1.78. The Balaban J connectivity index is 1.47. The fourth-order valence-corrected chi connectivity index (χ4v) is 4.22. The molecule has 6 nitrogen and oxygen atoms in total. The third-order valence-corrected chi connectivity index (χ3v) is 5.73. The number of nitriles is 1. The molecule has 29 heavy (non-hydrogen) atoms. The molecule has 0 saturated heterocycles. The molecule has 1 aromatic heterocycles. The van der Waals surface area contributed by atoms with Gasteiger partial charge in [-0.1, -0.05) is 24.3 Å². The van der Waals surface area contributed by atoms with Crippen LogP contribution in [0.2, 0.25) is 0 Å². The summed E-state index contributed by atoms with van der Waals surface area (Å²) in [5, 5.41) is 12.9. The van der Waals surface area contributed by atoms with Crippen molar-refractivity contribution in [2.24, 2.45) is 0 Å². The highest BCUT2D eigenvalue weighted by molar-refractivity contribution is 7.16. The second kappa shape index (κ2) is 8.25. The second-order valence-corrected chi connectivity index (χ2v) is 7.59. The highest BCUT2D eigenvalue weighted by Gasteiger charge is 2.19. The van der Waals surface area contributed by atoms with E-state index in [0.717, 1.165) is 27.5 Å². The van der Waals surface area contributed by atoms with Gasteiger partial charge in [-0.15, -0.1) is 11.3 Å². The zero-order valence-corrected chi connectivity index (χ0v) is 16.5. The fraction of sp³-hybridized carbons (Fsp3) is 0.182. The van der Waals surface area contributed by atoms with Crippen LogP contribution < -0.4 is 19.5 Å². The number of amides is 1. The van der Waals surface area contributed by atoms with Gasteiger partial charge in [0.05, 0.1) is 5.56 Å². The van der Waals surface area contributed by atoms with Crippen molar-refractivity contribution in [3.05, 3.63) is 70.1 Å². The summed E-state index contributed by atoms with van der Waals surface area (Å²) in [6.07, 6.45) is 0.637. The van der Waals surface area contributed by atoms with Crippen molar-refractivity contribution in [2.45, 2.75) is 13.3 Å². The number of hydrogen-bond donors (Lipinski definition) is 1. The Morgan fingerprint density at radius 1 is 1.21 bits per heavy atom. The Kier molecular flexibility index (Phi) is 5.36. The number of anilines is 1. The highest BCUT2D eigenvalue weighted by Crippen LogP contribution is 2.37. The van der Waals surface area contributed by atoms with Gasteiger partial charge >= 0.3 is 0 Å². The van der Waals surface area contributed by atoms with Gasteiger partial charge in [-0.05, 0) is 42.3 Å². The summed E-state index contributed by atoms with van der Waals surface area (Å²) in [6, 6.07) is 17.1. The third kappa shape index (κ3) is 4.18. The molecule has 0 radical (unpaired) electrons. The minimum Gasteiger partial charge on any atom is -0.484 e. The van der Waals surface area contributed by atoms with Gasteiger partial charge in [0.15, 0.2) is 18.1 Å². The van der Waals surface area contributed by atoms with Gasteiger partial charge in [0.25, 0.3) is 5.91 Å². The predicted octanol–water partition coefficient (Wildman–Crippen LogP) is 4.27. The van der Waals surface area contributed by atoms with Crippen LogP contribution in [0, 0.1) is 18.3 Å². The Labute approximate surface area is 172 Å². The van der Waals surface area contributed by atoms with E-state index < -0.39 is 0 Å². The molecular formula is C22H18N2O4S. The molecule has 1 amide bonds. The Morgan fingerprint density at radius 3 is 2.79 bits per heavy atom. The van der Waals surface area contributed by atoms with Crippen LogP contribution in [0.1, 0.15) is 21.6 Å². The van der Waals surface area contributed by atoms with Crippen LogP contribution in [0.15, 0.2) is 48.5 Å². The van der Waals surface area contributed by atoms with Crippen LogP contribution in [0.3, 0.4) is 0 Å². The van der Waals surface area contributed by atoms with E-state index in [2.05, 4.69) is 11.4 Å². The quantitative estimate of drug-likeness (QED) is 0.661. The monoisotopic (exact) mass is 406 g/mol. The summed E-state index contributed by atoms with van der Waals surface area (Å²) in [5.41, 5.74) is 2.40. The maximum Gasteiger partial charge on any atom is 0.262 e. The molecule has 3 aromatic rings. The Hall–Kier alpha value is -3.50. The van der Waals surface area contributed by atoms with Crippen molar-refractivity contribution in [1.82, 2.24) is 0 Å². The first-order valence-corrected chi connectivity index (χ1v) is 9.84. The number of ether oxygens (including phenoxy) is 3. The number of fused-ring (bicyclic) bond motifs is 1. The average Bonchev–Trinajstić information content (AvgIpc) is 3.31. The lowest BCUT2D eigenvalue weighted by Crippen LogP contribution is -2.20. The number of carbonyl (C=O) groups is 1. The number of hydrogen-bond acceptors (Lipinski definition) is 6. The molecule has 0 fully saturated rings. The molecule has 0 atom stereocenters. The molecular weight excluding hydrogens is 388 g/mol. The molecule has 7 heteroatoms. The largest absolute Gasteiger partial charge is 0.484 e. The molecule has 146 valence electrons. The van der Waals surface area contributed by atoms with Gasteiger partial charge in [0, 0.05) is 11.3 Å². The fourth-order valence-electron chi connectivity index (χ4n) is 3.02. The molecule has 1 N–H and O–H groups in total. The summed E-state index contributed by atoms with van der Waals surface area (Å²) in [6.45, 7) is 2.01. The lowest BCUT2D eigenvalue weighted by molar-refractivity contribution is -0.118. The molecule has 0 saturated carbocycles. The minimum absolute atomic E-state index is 0.122. The topological polar surface area (TPSA) is 80.6 Å². The summed E-state index contributed by atoms with van der Waals surface area (Å²) in [4.78, 5) is 13.3. The van der Waals surface area contributed by atoms with Gasteiger partial charge in [-0.3, -0.25) is 4.79 Å². The number of thiophene rings is 1. The first kappa shape index (κ1) is 18.8. The van der Waals surface area contributed by atoms with E-state index in [9.17, 15) is 10.1 Å². The molecule has 0 spiro atoms. The van der Waals surface area contributed by atoms with E-state index >= 15 is 0 Å². The van der Waals surface area contributed by atoms with Crippen LogP contribution in [-0.2, 0) is 11.2 Å². The highest BCUT2D eigenvalue weighted by atomic mass is 32.1. The molecule has 4 rings (SSSR count). The van der Waals surface area contributed by atoms with E-state index in [1.165, 1.54) is 11.3 Å². The number of benzene rings is 2. The van der Waals surface area contributed by atoms with Crippen LogP contribution in [-0.4, -0.2) is 19.3 Å². The molecule has 0 unspecified atom stereocenters. The zero-order chi connectivity index (χ0) is 20.2. The van der Waals surface area contributed by atoms with Crippen molar-refractivity contribution >= 4 is 22.2 Å². The SMILES string of the molecule is Cc1c(Cc2ccc3c(c2)OCO3)sc(NC(=O)COc2ccccc2)c1C#N. The first-order chi connectivity index (χ1) is 14.1. The van der Waals surface area contributed by atoms with Crippen molar-refractivity contribution in [2.75, 3.05) is 18.7 Å². The van der Waals surface area contributed by atoms with Crippen LogP contribution in [0.4, 0.5) is 5.00 Å². The molecule has 0 bridgehead atoms. The van der Waals surface area contributed by atoms with Gasteiger partial charge in [0.2, 0.25) is 6.79 Å². The Bertz CT molecular complexity index is 1090. The zero-order valence-electron chi connectivity index (χ0n) is 15.7. The summed E-state index contributed by atoms with van der Waals surface area (Å²) >= 11 is 1.41. The van der Waals surface area contributed by atoms with E-state index in [1.54, 1.807) is 12.1 Å². The molecule has 1 aliphatic heterocycles. The van der Waals surface area contributed by atoms with Crippen LogP contribution in [0.5, 0.6) is 17.2 Å². The van der Waals surface area contributed by atoms with E-state index in [0.29, 0.717) is 22.7 Å². The van der Waals surface area contributed by atoms with Crippen molar-refractivity contribution in [3.63, 3.8) is 0 Å². The van der Waals surface area contributed by atoms with Gasteiger partial charge < -0.3 is 19.5 Å². The third-order valence-electron chi connectivity index (χ3n) is 4.53. The number of nitrogens with zero attached hydrogens (tertiary/aromatic N) is 1. The van der Waals surface area contributed by atoms with E-state index in [-0.39, 0.29) is 19.3 Å².